The molecule has 18 heavy (non-hydrogen) atoms. The number of nitrogens with one attached hydrogen (secondary N) is 1. The van der Waals surface area contributed by atoms with Crippen molar-refractivity contribution < 1.29 is 8.78 Å². The first kappa shape index (κ1) is 13.3. The first-order chi connectivity index (χ1) is 8.39. The summed E-state index contributed by atoms with van der Waals surface area (Å²) in [6, 6.07) is 4.04. The van der Waals surface area contributed by atoms with Crippen molar-refractivity contribution in [3.63, 3.8) is 0 Å². The molecule has 1 atom stereocenters. The standard InChI is InChI=1S/C14H20F2N2/c1-14(2)9-11(6-7-17-14)18(3)13-5-4-10(15)8-12(13)16/h4-5,8,11,17H,6-7,9H2,1-3H3. The zero-order valence-electron chi connectivity index (χ0n) is 11.1. The molecule has 0 aromatic heterocycles. The molecule has 0 radical (unpaired) electrons. The maximum absolute atomic E-state index is 13.8. The van der Waals surface area contributed by atoms with E-state index in [1.807, 2.05) is 11.9 Å². The van der Waals surface area contributed by atoms with Crippen LogP contribution in [0.3, 0.4) is 0 Å². The van der Waals surface area contributed by atoms with Crippen LogP contribution in [0.25, 0.3) is 0 Å². The fourth-order valence-electron chi connectivity index (χ4n) is 2.64. The van der Waals surface area contributed by atoms with Crippen molar-refractivity contribution in [2.75, 3.05) is 18.5 Å². The minimum Gasteiger partial charge on any atom is -0.369 e. The first-order valence-electron chi connectivity index (χ1n) is 6.32. The Morgan fingerprint density at radius 2 is 2.06 bits per heavy atom. The lowest BCUT2D eigenvalue weighted by atomic mass is 9.88. The molecule has 1 aromatic carbocycles. The van der Waals surface area contributed by atoms with Gasteiger partial charge in [0, 0.05) is 24.7 Å². The monoisotopic (exact) mass is 254 g/mol. The summed E-state index contributed by atoms with van der Waals surface area (Å²) >= 11 is 0. The minimum absolute atomic E-state index is 0.0632. The Labute approximate surface area is 107 Å². The van der Waals surface area contributed by atoms with E-state index in [9.17, 15) is 8.78 Å². The highest BCUT2D eigenvalue weighted by Gasteiger charge is 2.30. The molecule has 1 fully saturated rings. The van der Waals surface area contributed by atoms with Crippen LogP contribution < -0.4 is 10.2 Å². The van der Waals surface area contributed by atoms with Crippen LogP contribution >= 0.6 is 0 Å². The largest absolute Gasteiger partial charge is 0.369 e. The van der Waals surface area contributed by atoms with Gasteiger partial charge in [0.15, 0.2) is 0 Å². The third-order valence-electron chi connectivity index (χ3n) is 3.66. The van der Waals surface area contributed by atoms with E-state index in [0.717, 1.165) is 25.5 Å². The second-order valence-electron chi connectivity index (χ2n) is 5.66. The topological polar surface area (TPSA) is 15.3 Å². The summed E-state index contributed by atoms with van der Waals surface area (Å²) in [7, 11) is 1.88. The van der Waals surface area contributed by atoms with Crippen LogP contribution in [0.2, 0.25) is 0 Å². The van der Waals surface area contributed by atoms with Gasteiger partial charge in [0.25, 0.3) is 0 Å². The molecular weight excluding hydrogens is 234 g/mol. The molecule has 0 spiro atoms. The van der Waals surface area contributed by atoms with Gasteiger partial charge >= 0.3 is 0 Å². The molecule has 0 aliphatic carbocycles. The van der Waals surface area contributed by atoms with Crippen molar-refractivity contribution in [3.05, 3.63) is 29.8 Å². The van der Waals surface area contributed by atoms with E-state index >= 15 is 0 Å². The molecule has 1 unspecified atom stereocenters. The molecular formula is C14H20F2N2. The zero-order chi connectivity index (χ0) is 13.3. The quantitative estimate of drug-likeness (QED) is 0.873. The molecule has 1 N–H and O–H groups in total. The Balaban J connectivity index is 2.17. The van der Waals surface area contributed by atoms with Crippen molar-refractivity contribution >= 4 is 5.69 Å². The Kier molecular flexibility index (Phi) is 3.57. The molecule has 1 aliphatic heterocycles. The third-order valence-corrected chi connectivity index (χ3v) is 3.66. The summed E-state index contributed by atoms with van der Waals surface area (Å²) in [5.41, 5.74) is 0.535. The van der Waals surface area contributed by atoms with Gasteiger partial charge in [-0.2, -0.15) is 0 Å². The number of hydrogen-bond donors (Lipinski definition) is 1. The molecule has 0 saturated carbocycles. The number of hydrogen-bond acceptors (Lipinski definition) is 2. The predicted octanol–water partition coefficient (Wildman–Crippen LogP) is 2.93. The average Bonchev–Trinajstić information content (AvgIpc) is 2.27. The Hall–Kier alpha value is -1.16. The van der Waals surface area contributed by atoms with E-state index in [0.29, 0.717) is 5.69 Å². The predicted molar refractivity (Wildman–Crippen MR) is 69.9 cm³/mol. The molecule has 100 valence electrons. The maximum Gasteiger partial charge on any atom is 0.149 e. The molecule has 1 aromatic rings. The highest BCUT2D eigenvalue weighted by Crippen LogP contribution is 2.28. The van der Waals surface area contributed by atoms with Crippen LogP contribution in [0.1, 0.15) is 26.7 Å². The number of anilines is 1. The van der Waals surface area contributed by atoms with Crippen LogP contribution in [0, 0.1) is 11.6 Å². The summed E-state index contributed by atoms with van der Waals surface area (Å²) < 4.78 is 26.7. The highest BCUT2D eigenvalue weighted by molar-refractivity contribution is 5.48. The lowest BCUT2D eigenvalue weighted by molar-refractivity contribution is 0.271. The van der Waals surface area contributed by atoms with Crippen molar-refractivity contribution in [2.24, 2.45) is 0 Å². The Bertz CT molecular complexity index is 432. The second-order valence-corrected chi connectivity index (χ2v) is 5.66. The van der Waals surface area contributed by atoms with Gasteiger partial charge in [-0.1, -0.05) is 0 Å². The van der Waals surface area contributed by atoms with E-state index in [1.165, 1.54) is 12.1 Å². The van der Waals surface area contributed by atoms with Gasteiger partial charge in [0.05, 0.1) is 5.69 Å². The maximum atomic E-state index is 13.8. The van der Waals surface area contributed by atoms with E-state index in [2.05, 4.69) is 19.2 Å². The van der Waals surface area contributed by atoms with Crippen molar-refractivity contribution in [1.82, 2.24) is 5.32 Å². The van der Waals surface area contributed by atoms with Crippen LogP contribution in [-0.4, -0.2) is 25.2 Å². The summed E-state index contributed by atoms with van der Waals surface area (Å²) in [6.07, 6.45) is 1.91. The molecule has 0 bridgehead atoms. The minimum atomic E-state index is -0.532. The van der Waals surface area contributed by atoms with Gasteiger partial charge in [-0.15, -0.1) is 0 Å². The fraction of sp³-hybridized carbons (Fsp3) is 0.571. The lowest BCUT2D eigenvalue weighted by Gasteiger charge is -2.41. The second kappa shape index (κ2) is 4.84. The van der Waals surface area contributed by atoms with E-state index in [4.69, 9.17) is 0 Å². The number of benzene rings is 1. The smallest absolute Gasteiger partial charge is 0.149 e. The molecule has 2 rings (SSSR count). The number of halogens is 2. The summed E-state index contributed by atoms with van der Waals surface area (Å²) in [5.74, 6) is -1.02. The summed E-state index contributed by atoms with van der Waals surface area (Å²) in [5, 5.41) is 3.44. The van der Waals surface area contributed by atoms with Gasteiger partial charge in [-0.3, -0.25) is 0 Å². The molecule has 1 saturated heterocycles. The van der Waals surface area contributed by atoms with E-state index in [1.54, 1.807) is 0 Å². The average molecular weight is 254 g/mol. The van der Waals surface area contributed by atoms with Crippen molar-refractivity contribution in [3.8, 4) is 0 Å². The molecule has 2 nitrogen and oxygen atoms in total. The summed E-state index contributed by atoms with van der Waals surface area (Å²) in [6.45, 7) is 5.22. The van der Waals surface area contributed by atoms with Crippen LogP contribution in [-0.2, 0) is 0 Å². The zero-order valence-corrected chi connectivity index (χ0v) is 11.1. The number of rotatable bonds is 2. The van der Waals surface area contributed by atoms with Gasteiger partial charge in [0.1, 0.15) is 11.6 Å². The lowest BCUT2D eigenvalue weighted by Crippen LogP contribution is -2.52. The highest BCUT2D eigenvalue weighted by atomic mass is 19.1. The molecule has 1 aliphatic rings. The molecule has 1 heterocycles. The van der Waals surface area contributed by atoms with Gasteiger partial charge < -0.3 is 10.2 Å². The molecule has 0 amide bonds. The normalized spacial score (nSPS) is 22.8. The van der Waals surface area contributed by atoms with Crippen LogP contribution in [0.4, 0.5) is 14.5 Å². The Morgan fingerprint density at radius 1 is 1.33 bits per heavy atom. The fourth-order valence-corrected chi connectivity index (χ4v) is 2.64. The van der Waals surface area contributed by atoms with Crippen molar-refractivity contribution in [1.29, 1.82) is 0 Å². The van der Waals surface area contributed by atoms with E-state index < -0.39 is 11.6 Å². The van der Waals surface area contributed by atoms with Gasteiger partial charge in [-0.05, 0) is 45.4 Å². The van der Waals surface area contributed by atoms with E-state index in [-0.39, 0.29) is 11.6 Å². The molecule has 4 heteroatoms. The van der Waals surface area contributed by atoms with Crippen LogP contribution in [0.15, 0.2) is 18.2 Å². The van der Waals surface area contributed by atoms with Gasteiger partial charge in [0.2, 0.25) is 0 Å². The third kappa shape index (κ3) is 2.80. The Morgan fingerprint density at radius 3 is 2.67 bits per heavy atom. The first-order valence-corrected chi connectivity index (χ1v) is 6.32. The summed E-state index contributed by atoms with van der Waals surface area (Å²) in [4.78, 5) is 1.93. The van der Waals surface area contributed by atoms with Gasteiger partial charge in [-0.25, -0.2) is 8.78 Å². The number of nitrogens with zero attached hydrogens (tertiary/aromatic N) is 1. The van der Waals surface area contributed by atoms with Crippen LogP contribution in [0.5, 0.6) is 0 Å². The number of piperidine rings is 1. The SMILES string of the molecule is CN(c1ccc(F)cc1F)C1CCNC(C)(C)C1. The van der Waals surface area contributed by atoms with Crippen molar-refractivity contribution in [2.45, 2.75) is 38.3 Å².